The van der Waals surface area contributed by atoms with E-state index in [1.165, 1.54) is 24.0 Å². The number of hydrogen-bond acceptors (Lipinski definition) is 3. The zero-order valence-electron chi connectivity index (χ0n) is 12.3. The summed E-state index contributed by atoms with van der Waals surface area (Å²) in [7, 11) is 0. The average Bonchev–Trinajstić information content (AvgIpc) is 2.66. The Morgan fingerprint density at radius 1 is 1.25 bits per heavy atom. The van der Waals surface area contributed by atoms with Gasteiger partial charge in [-0.15, -0.1) is 0 Å². The lowest BCUT2D eigenvalue weighted by molar-refractivity contribution is 0.284. The van der Waals surface area contributed by atoms with E-state index in [1.54, 1.807) is 0 Å². The third-order valence-corrected chi connectivity index (χ3v) is 3.92. The molecule has 0 radical (unpaired) electrons. The number of rotatable bonds is 4. The maximum Gasteiger partial charge on any atom is 0.107 e. The number of nitrogens with one attached hydrogen (secondary N) is 2. The molecule has 0 aliphatic carbocycles. The Bertz CT molecular complexity index is 553. The van der Waals surface area contributed by atoms with Crippen LogP contribution in [-0.4, -0.2) is 41.0 Å². The quantitative estimate of drug-likeness (QED) is 0.897. The summed E-state index contributed by atoms with van der Waals surface area (Å²) < 4.78 is 0. The van der Waals surface area contributed by atoms with Gasteiger partial charge >= 0.3 is 0 Å². The Hall–Kier alpha value is -1.39. The maximum atomic E-state index is 4.63. The van der Waals surface area contributed by atoms with Gasteiger partial charge in [0.2, 0.25) is 0 Å². The molecule has 0 bridgehead atoms. The van der Waals surface area contributed by atoms with Gasteiger partial charge in [0.1, 0.15) is 5.82 Å². The SMILES string of the molecule is CCCc1nc2ccc(CN3CCCNCC3)cc2[nH]1. The van der Waals surface area contributed by atoms with Crippen molar-refractivity contribution in [3.8, 4) is 0 Å². The van der Waals surface area contributed by atoms with Crippen LogP contribution >= 0.6 is 0 Å². The highest BCUT2D eigenvalue weighted by molar-refractivity contribution is 5.75. The molecule has 4 heteroatoms. The second-order valence-corrected chi connectivity index (χ2v) is 5.66. The summed E-state index contributed by atoms with van der Waals surface area (Å²) in [6.45, 7) is 7.81. The van der Waals surface area contributed by atoms with E-state index in [9.17, 15) is 0 Å². The van der Waals surface area contributed by atoms with Crippen LogP contribution in [0.15, 0.2) is 18.2 Å². The van der Waals surface area contributed by atoms with Crippen molar-refractivity contribution in [1.29, 1.82) is 0 Å². The summed E-state index contributed by atoms with van der Waals surface area (Å²) in [5.74, 6) is 1.11. The molecule has 108 valence electrons. The molecule has 0 spiro atoms. The van der Waals surface area contributed by atoms with Gasteiger partial charge in [-0.3, -0.25) is 4.90 Å². The molecule has 1 aliphatic rings. The van der Waals surface area contributed by atoms with E-state index in [0.29, 0.717) is 0 Å². The van der Waals surface area contributed by atoms with Gasteiger partial charge in [0.15, 0.2) is 0 Å². The molecular weight excluding hydrogens is 248 g/mol. The van der Waals surface area contributed by atoms with Crippen LogP contribution in [0, 0.1) is 0 Å². The van der Waals surface area contributed by atoms with Crippen molar-refractivity contribution in [2.45, 2.75) is 32.7 Å². The molecular formula is C16H24N4. The van der Waals surface area contributed by atoms with E-state index in [4.69, 9.17) is 0 Å². The minimum Gasteiger partial charge on any atom is -0.342 e. The van der Waals surface area contributed by atoms with Crippen LogP contribution in [0.4, 0.5) is 0 Å². The second-order valence-electron chi connectivity index (χ2n) is 5.66. The lowest BCUT2D eigenvalue weighted by Gasteiger charge is -2.19. The van der Waals surface area contributed by atoms with Crippen molar-refractivity contribution in [2.75, 3.05) is 26.2 Å². The average molecular weight is 272 g/mol. The topological polar surface area (TPSA) is 44.0 Å². The molecule has 0 atom stereocenters. The van der Waals surface area contributed by atoms with Gasteiger partial charge in [0.25, 0.3) is 0 Å². The standard InChI is InChI=1S/C16H24N4/c1-2-4-16-18-14-6-5-13(11-15(14)19-16)12-20-9-3-7-17-8-10-20/h5-6,11,17H,2-4,7-10,12H2,1H3,(H,18,19). The van der Waals surface area contributed by atoms with E-state index in [0.717, 1.165) is 50.4 Å². The highest BCUT2D eigenvalue weighted by Gasteiger charge is 2.10. The number of aromatic nitrogens is 2. The third kappa shape index (κ3) is 3.19. The Morgan fingerprint density at radius 3 is 3.10 bits per heavy atom. The highest BCUT2D eigenvalue weighted by Crippen LogP contribution is 2.16. The summed E-state index contributed by atoms with van der Waals surface area (Å²) in [6.07, 6.45) is 3.40. The van der Waals surface area contributed by atoms with E-state index < -0.39 is 0 Å². The Morgan fingerprint density at radius 2 is 2.20 bits per heavy atom. The van der Waals surface area contributed by atoms with Gasteiger partial charge in [-0.2, -0.15) is 0 Å². The summed E-state index contributed by atoms with van der Waals surface area (Å²) in [5, 5.41) is 3.45. The Kier molecular flexibility index (Phi) is 4.33. The van der Waals surface area contributed by atoms with E-state index in [1.807, 2.05) is 0 Å². The Balaban J connectivity index is 1.74. The summed E-state index contributed by atoms with van der Waals surface area (Å²) >= 11 is 0. The summed E-state index contributed by atoms with van der Waals surface area (Å²) in [4.78, 5) is 10.6. The molecule has 20 heavy (non-hydrogen) atoms. The first-order chi connectivity index (χ1) is 9.85. The van der Waals surface area contributed by atoms with Crippen molar-refractivity contribution >= 4 is 11.0 Å². The molecule has 0 saturated carbocycles. The molecule has 1 fully saturated rings. The van der Waals surface area contributed by atoms with Crippen LogP contribution in [0.2, 0.25) is 0 Å². The highest BCUT2D eigenvalue weighted by atomic mass is 15.1. The Labute approximate surface area is 120 Å². The van der Waals surface area contributed by atoms with E-state index in [2.05, 4.69) is 45.3 Å². The zero-order valence-corrected chi connectivity index (χ0v) is 12.3. The lowest BCUT2D eigenvalue weighted by Crippen LogP contribution is -2.27. The minimum absolute atomic E-state index is 1.03. The number of H-pyrrole nitrogens is 1. The van der Waals surface area contributed by atoms with E-state index in [-0.39, 0.29) is 0 Å². The van der Waals surface area contributed by atoms with Crippen molar-refractivity contribution < 1.29 is 0 Å². The molecule has 0 amide bonds. The second kappa shape index (κ2) is 6.37. The van der Waals surface area contributed by atoms with Crippen molar-refractivity contribution in [1.82, 2.24) is 20.2 Å². The lowest BCUT2D eigenvalue weighted by atomic mass is 10.2. The molecule has 1 saturated heterocycles. The van der Waals surface area contributed by atoms with Crippen LogP contribution < -0.4 is 5.32 Å². The largest absolute Gasteiger partial charge is 0.342 e. The predicted octanol–water partition coefficient (Wildman–Crippen LogP) is 2.31. The molecule has 1 aromatic carbocycles. The van der Waals surface area contributed by atoms with Crippen molar-refractivity contribution in [2.24, 2.45) is 0 Å². The fourth-order valence-electron chi connectivity index (χ4n) is 2.88. The monoisotopic (exact) mass is 272 g/mol. The van der Waals surface area contributed by atoms with E-state index >= 15 is 0 Å². The first-order valence-corrected chi connectivity index (χ1v) is 7.76. The normalized spacial score (nSPS) is 17.4. The van der Waals surface area contributed by atoms with Crippen LogP contribution in [0.3, 0.4) is 0 Å². The van der Waals surface area contributed by atoms with Gasteiger partial charge in [-0.25, -0.2) is 4.98 Å². The number of nitrogens with zero attached hydrogens (tertiary/aromatic N) is 2. The van der Waals surface area contributed by atoms with Crippen LogP contribution in [0.5, 0.6) is 0 Å². The number of fused-ring (bicyclic) bond motifs is 1. The zero-order chi connectivity index (χ0) is 13.8. The molecule has 3 rings (SSSR count). The summed E-state index contributed by atoms with van der Waals surface area (Å²) in [5.41, 5.74) is 3.65. The number of imidazole rings is 1. The van der Waals surface area contributed by atoms with Gasteiger partial charge in [0.05, 0.1) is 11.0 Å². The molecule has 1 aromatic heterocycles. The molecule has 0 unspecified atom stereocenters. The smallest absolute Gasteiger partial charge is 0.107 e. The number of hydrogen-bond donors (Lipinski definition) is 2. The van der Waals surface area contributed by atoms with Crippen LogP contribution in [0.25, 0.3) is 11.0 Å². The number of aromatic amines is 1. The molecule has 4 nitrogen and oxygen atoms in total. The van der Waals surface area contributed by atoms with Gasteiger partial charge in [-0.1, -0.05) is 13.0 Å². The van der Waals surface area contributed by atoms with Gasteiger partial charge < -0.3 is 10.3 Å². The van der Waals surface area contributed by atoms with Crippen LogP contribution in [-0.2, 0) is 13.0 Å². The first-order valence-electron chi connectivity index (χ1n) is 7.76. The minimum atomic E-state index is 1.03. The van der Waals surface area contributed by atoms with Gasteiger partial charge in [0, 0.05) is 26.1 Å². The molecule has 2 heterocycles. The van der Waals surface area contributed by atoms with Crippen molar-refractivity contribution in [3.05, 3.63) is 29.6 Å². The molecule has 1 aliphatic heterocycles. The first kappa shape index (κ1) is 13.6. The summed E-state index contributed by atoms with van der Waals surface area (Å²) in [6, 6.07) is 6.63. The molecule has 2 aromatic rings. The number of benzene rings is 1. The number of aryl methyl sites for hydroxylation is 1. The van der Waals surface area contributed by atoms with Crippen molar-refractivity contribution in [3.63, 3.8) is 0 Å². The van der Waals surface area contributed by atoms with Gasteiger partial charge in [-0.05, 0) is 43.6 Å². The molecule has 2 N–H and O–H groups in total. The maximum absolute atomic E-state index is 4.63. The third-order valence-electron chi connectivity index (χ3n) is 3.92. The fourth-order valence-corrected chi connectivity index (χ4v) is 2.88. The fraction of sp³-hybridized carbons (Fsp3) is 0.562. The predicted molar refractivity (Wildman–Crippen MR) is 82.9 cm³/mol. The van der Waals surface area contributed by atoms with Crippen LogP contribution in [0.1, 0.15) is 31.2 Å².